The number of carboxylic acids is 1. The van der Waals surface area contributed by atoms with Crippen LogP contribution in [0.3, 0.4) is 0 Å². The number of nitrogens with one attached hydrogen (secondary N) is 1. The number of carbonyl (C=O) groups is 1. The van der Waals surface area contributed by atoms with Gasteiger partial charge in [-0.3, -0.25) is 4.79 Å². The second-order valence-electron chi connectivity index (χ2n) is 5.32. The fourth-order valence-corrected chi connectivity index (χ4v) is 3.56. The van der Waals surface area contributed by atoms with Gasteiger partial charge in [0, 0.05) is 6.54 Å². The number of aromatic nitrogens is 4. The summed E-state index contributed by atoms with van der Waals surface area (Å²) in [6.45, 7) is 0.552. The van der Waals surface area contributed by atoms with Gasteiger partial charge in [0.15, 0.2) is 0 Å². The number of aryl methyl sites for hydroxylation is 1. The minimum atomic E-state index is -3.73. The second-order valence-corrected chi connectivity index (χ2v) is 7.08. The maximum absolute atomic E-state index is 12.1. The summed E-state index contributed by atoms with van der Waals surface area (Å²) in [5, 5.41) is 19.9. The minimum Gasteiger partial charge on any atom is -0.480 e. The lowest BCUT2D eigenvalue weighted by Crippen LogP contribution is -2.41. The van der Waals surface area contributed by atoms with Crippen molar-refractivity contribution < 1.29 is 18.3 Å². The highest BCUT2D eigenvalue weighted by Crippen LogP contribution is 2.08. The van der Waals surface area contributed by atoms with Crippen molar-refractivity contribution in [1.82, 2.24) is 24.9 Å². The lowest BCUT2D eigenvalue weighted by Gasteiger charge is -2.14. The van der Waals surface area contributed by atoms with E-state index in [4.69, 9.17) is 0 Å². The molecule has 1 atom stereocenters. The molecule has 1 aromatic carbocycles. The molecule has 1 aromatic heterocycles. The lowest BCUT2D eigenvalue weighted by atomic mass is 10.1. The van der Waals surface area contributed by atoms with Crippen molar-refractivity contribution >= 4 is 16.0 Å². The predicted octanol–water partition coefficient (Wildman–Crippen LogP) is 0.416. The molecule has 0 aliphatic carbocycles. The van der Waals surface area contributed by atoms with Crippen molar-refractivity contribution in [2.24, 2.45) is 0 Å². The maximum atomic E-state index is 12.1. The number of benzene rings is 1. The molecular weight excluding hydrogens is 334 g/mol. The van der Waals surface area contributed by atoms with E-state index in [1.54, 1.807) is 30.3 Å². The van der Waals surface area contributed by atoms with Crippen LogP contribution < -0.4 is 4.72 Å². The van der Waals surface area contributed by atoms with Crippen LogP contribution in [0.25, 0.3) is 0 Å². The van der Waals surface area contributed by atoms with Crippen molar-refractivity contribution in [3.8, 4) is 0 Å². The normalized spacial score (nSPS) is 12.8. The number of sulfonamides is 1. The molecule has 0 bridgehead atoms. The quantitative estimate of drug-likeness (QED) is 0.592. The third kappa shape index (κ3) is 6.05. The Morgan fingerprint density at radius 2 is 2.00 bits per heavy atom. The van der Waals surface area contributed by atoms with E-state index >= 15 is 0 Å². The van der Waals surface area contributed by atoms with Crippen LogP contribution >= 0.6 is 0 Å². The van der Waals surface area contributed by atoms with Crippen LogP contribution in [0.5, 0.6) is 0 Å². The Morgan fingerprint density at radius 3 is 2.62 bits per heavy atom. The zero-order valence-corrected chi connectivity index (χ0v) is 13.8. The van der Waals surface area contributed by atoms with E-state index < -0.39 is 22.0 Å². The summed E-state index contributed by atoms with van der Waals surface area (Å²) in [7, 11) is -3.73. The number of carboxylic acid groups (broad SMARTS) is 1. The number of hydrogen-bond donors (Lipinski definition) is 2. The van der Waals surface area contributed by atoms with Crippen LogP contribution in [0.2, 0.25) is 0 Å². The monoisotopic (exact) mass is 353 g/mol. The van der Waals surface area contributed by atoms with Gasteiger partial charge in [-0.2, -0.15) is 0 Å². The van der Waals surface area contributed by atoms with Crippen molar-refractivity contribution in [3.63, 3.8) is 0 Å². The molecule has 1 heterocycles. The van der Waals surface area contributed by atoms with E-state index in [1.807, 2.05) is 0 Å². The number of nitrogens with zero attached hydrogens (tertiary/aromatic N) is 4. The molecule has 9 nitrogen and oxygen atoms in total. The average Bonchev–Trinajstić information content (AvgIpc) is 3.04. The predicted molar refractivity (Wildman–Crippen MR) is 85.3 cm³/mol. The zero-order chi connectivity index (χ0) is 17.4. The van der Waals surface area contributed by atoms with Gasteiger partial charge in [-0.25, -0.2) is 17.8 Å². The van der Waals surface area contributed by atoms with Crippen molar-refractivity contribution in [1.29, 1.82) is 0 Å². The van der Waals surface area contributed by atoms with Crippen molar-refractivity contribution in [3.05, 3.63) is 42.2 Å². The largest absolute Gasteiger partial charge is 0.480 e. The van der Waals surface area contributed by atoms with Crippen molar-refractivity contribution in [2.45, 2.75) is 37.6 Å². The van der Waals surface area contributed by atoms with E-state index in [-0.39, 0.29) is 12.2 Å². The van der Waals surface area contributed by atoms with E-state index in [0.717, 1.165) is 0 Å². The first-order chi connectivity index (χ1) is 11.5. The number of aliphatic carboxylic acids is 1. The van der Waals surface area contributed by atoms with Gasteiger partial charge in [0.1, 0.15) is 12.4 Å². The fraction of sp³-hybridized carbons (Fsp3) is 0.429. The van der Waals surface area contributed by atoms with E-state index in [9.17, 15) is 18.3 Å². The van der Waals surface area contributed by atoms with Gasteiger partial charge in [0.05, 0.1) is 5.75 Å². The molecule has 0 radical (unpaired) electrons. The van der Waals surface area contributed by atoms with Gasteiger partial charge in [-0.15, -0.1) is 5.10 Å². The van der Waals surface area contributed by atoms with Crippen LogP contribution in [0, 0.1) is 0 Å². The summed E-state index contributed by atoms with van der Waals surface area (Å²) in [5.41, 5.74) is 0.604. The summed E-state index contributed by atoms with van der Waals surface area (Å²) < 4.78 is 28.1. The highest BCUT2D eigenvalue weighted by Gasteiger charge is 2.23. The molecule has 0 unspecified atom stereocenters. The van der Waals surface area contributed by atoms with Crippen LogP contribution in [-0.2, 0) is 27.1 Å². The van der Waals surface area contributed by atoms with Gasteiger partial charge in [0.2, 0.25) is 10.0 Å². The molecule has 0 spiro atoms. The van der Waals surface area contributed by atoms with Gasteiger partial charge in [-0.05, 0) is 35.3 Å². The Morgan fingerprint density at radius 1 is 1.25 bits per heavy atom. The first-order valence-corrected chi connectivity index (χ1v) is 9.09. The minimum absolute atomic E-state index is 0.200. The standard InChI is InChI=1S/C14H19N5O4S/c20-14(21)13(8-4-5-9-19-11-15-17-18-19)16-24(22,23)10-12-6-2-1-3-7-12/h1-3,6-7,11,13,16H,4-5,8-10H2,(H,20,21)/t13-/m1/s1. The molecule has 130 valence electrons. The highest BCUT2D eigenvalue weighted by molar-refractivity contribution is 7.88. The Balaban J connectivity index is 1.84. The third-order valence-corrected chi connectivity index (χ3v) is 4.70. The Kier molecular flexibility index (Phi) is 6.38. The van der Waals surface area contributed by atoms with Gasteiger partial charge >= 0.3 is 5.97 Å². The second kappa shape index (κ2) is 8.50. The Labute approximate surface area is 139 Å². The molecule has 2 N–H and O–H groups in total. The summed E-state index contributed by atoms with van der Waals surface area (Å²) in [4.78, 5) is 11.3. The topological polar surface area (TPSA) is 127 Å². The zero-order valence-electron chi connectivity index (χ0n) is 12.9. The summed E-state index contributed by atoms with van der Waals surface area (Å²) >= 11 is 0. The Bertz CT molecular complexity index is 734. The van der Waals surface area contributed by atoms with Crippen LogP contribution in [0.1, 0.15) is 24.8 Å². The molecule has 2 aromatic rings. The Hall–Kier alpha value is -2.33. The molecule has 0 aliphatic heterocycles. The molecule has 2 rings (SSSR count). The SMILES string of the molecule is O=C(O)[C@@H](CCCCn1cnnn1)NS(=O)(=O)Cc1ccccc1. The molecule has 10 heteroatoms. The molecule has 24 heavy (non-hydrogen) atoms. The van der Waals surface area contributed by atoms with Crippen LogP contribution in [0.15, 0.2) is 36.7 Å². The third-order valence-electron chi connectivity index (χ3n) is 3.34. The summed E-state index contributed by atoms with van der Waals surface area (Å²) in [6, 6.07) is 7.47. The lowest BCUT2D eigenvalue weighted by molar-refractivity contribution is -0.139. The first-order valence-electron chi connectivity index (χ1n) is 7.44. The van der Waals surface area contributed by atoms with E-state index in [2.05, 4.69) is 20.2 Å². The highest BCUT2D eigenvalue weighted by atomic mass is 32.2. The smallest absolute Gasteiger partial charge is 0.321 e. The fourth-order valence-electron chi connectivity index (χ4n) is 2.19. The number of hydrogen-bond acceptors (Lipinski definition) is 6. The number of tetrazole rings is 1. The van der Waals surface area contributed by atoms with Gasteiger partial charge in [0.25, 0.3) is 0 Å². The molecule has 0 saturated heterocycles. The van der Waals surface area contributed by atoms with E-state index in [1.165, 1.54) is 11.0 Å². The molecular formula is C14H19N5O4S. The van der Waals surface area contributed by atoms with Crippen LogP contribution in [0.4, 0.5) is 0 Å². The van der Waals surface area contributed by atoms with Crippen LogP contribution in [-0.4, -0.2) is 45.7 Å². The van der Waals surface area contributed by atoms with E-state index in [0.29, 0.717) is 24.9 Å². The first kappa shape index (κ1) is 18.0. The van der Waals surface area contributed by atoms with Gasteiger partial charge < -0.3 is 5.11 Å². The molecule has 0 saturated carbocycles. The molecule has 0 fully saturated rings. The number of unbranched alkanes of at least 4 members (excludes halogenated alkanes) is 1. The van der Waals surface area contributed by atoms with Gasteiger partial charge in [-0.1, -0.05) is 30.3 Å². The maximum Gasteiger partial charge on any atom is 0.321 e. The summed E-state index contributed by atoms with van der Waals surface area (Å²) in [5.74, 6) is -1.43. The average molecular weight is 353 g/mol. The number of rotatable bonds is 10. The van der Waals surface area contributed by atoms with Crippen molar-refractivity contribution in [2.75, 3.05) is 0 Å². The molecule has 0 amide bonds. The summed E-state index contributed by atoms with van der Waals surface area (Å²) in [6.07, 6.45) is 2.85. The molecule has 0 aliphatic rings.